The first-order chi connectivity index (χ1) is 10.5. The normalized spacial score (nSPS) is 9.91. The summed E-state index contributed by atoms with van der Waals surface area (Å²) in [7, 11) is 0. The number of halogens is 1. The minimum atomic E-state index is -0.740. The quantitative estimate of drug-likeness (QED) is 0.554. The van der Waals surface area contributed by atoms with Gasteiger partial charge in [-0.2, -0.15) is 0 Å². The fraction of sp³-hybridized carbons (Fsp3) is 0.400. The zero-order valence-corrected chi connectivity index (χ0v) is 12.4. The SMILES string of the molecule is CCCCNC(=O)COC(=O)CNC(=O)c1cccc(F)c1. The zero-order chi connectivity index (χ0) is 16.4. The molecule has 1 aromatic carbocycles. The van der Waals surface area contributed by atoms with Crippen LogP contribution in [0.25, 0.3) is 0 Å². The maximum absolute atomic E-state index is 12.9. The minimum absolute atomic E-state index is 0.102. The van der Waals surface area contributed by atoms with Gasteiger partial charge in [-0.1, -0.05) is 19.4 Å². The molecule has 0 aromatic heterocycles. The largest absolute Gasteiger partial charge is 0.454 e. The number of ether oxygens (including phenoxy) is 1. The summed E-state index contributed by atoms with van der Waals surface area (Å²) < 4.78 is 17.7. The number of amides is 2. The Labute approximate surface area is 128 Å². The van der Waals surface area contributed by atoms with Crippen molar-refractivity contribution >= 4 is 17.8 Å². The number of hydrogen-bond acceptors (Lipinski definition) is 4. The first-order valence-corrected chi connectivity index (χ1v) is 6.99. The van der Waals surface area contributed by atoms with E-state index in [1.165, 1.54) is 18.2 Å². The first-order valence-electron chi connectivity index (χ1n) is 6.99. The van der Waals surface area contributed by atoms with Crippen LogP contribution >= 0.6 is 0 Å². The molecule has 1 aromatic rings. The number of esters is 1. The predicted octanol–water partition coefficient (Wildman–Crippen LogP) is 1.01. The zero-order valence-electron chi connectivity index (χ0n) is 12.4. The highest BCUT2D eigenvalue weighted by Gasteiger charge is 2.11. The van der Waals surface area contributed by atoms with Crippen LogP contribution in [0.2, 0.25) is 0 Å². The number of benzene rings is 1. The van der Waals surface area contributed by atoms with E-state index in [4.69, 9.17) is 4.74 Å². The van der Waals surface area contributed by atoms with Crippen LogP contribution in [-0.2, 0) is 14.3 Å². The highest BCUT2D eigenvalue weighted by Crippen LogP contribution is 2.02. The summed E-state index contributed by atoms with van der Waals surface area (Å²) in [6, 6.07) is 5.08. The Kier molecular flexibility index (Phi) is 7.60. The lowest BCUT2D eigenvalue weighted by molar-refractivity contribution is -0.147. The predicted molar refractivity (Wildman–Crippen MR) is 77.6 cm³/mol. The average molecular weight is 310 g/mol. The van der Waals surface area contributed by atoms with Crippen molar-refractivity contribution < 1.29 is 23.5 Å². The van der Waals surface area contributed by atoms with Crippen molar-refractivity contribution in [2.24, 2.45) is 0 Å². The van der Waals surface area contributed by atoms with E-state index in [2.05, 4.69) is 10.6 Å². The third-order valence-electron chi connectivity index (χ3n) is 2.70. The highest BCUT2D eigenvalue weighted by molar-refractivity contribution is 5.96. The fourth-order valence-corrected chi connectivity index (χ4v) is 1.54. The topological polar surface area (TPSA) is 84.5 Å². The monoisotopic (exact) mass is 310 g/mol. The molecule has 0 unspecified atom stereocenters. The smallest absolute Gasteiger partial charge is 0.325 e. The number of unbranched alkanes of at least 4 members (excludes halogenated alkanes) is 1. The van der Waals surface area contributed by atoms with Crippen LogP contribution in [0.3, 0.4) is 0 Å². The molecule has 0 heterocycles. The fourth-order valence-electron chi connectivity index (χ4n) is 1.54. The molecule has 0 aliphatic carbocycles. The molecule has 0 aliphatic rings. The molecule has 120 valence electrons. The van der Waals surface area contributed by atoms with Crippen molar-refractivity contribution in [1.29, 1.82) is 0 Å². The third-order valence-corrected chi connectivity index (χ3v) is 2.70. The van der Waals surface area contributed by atoms with Gasteiger partial charge in [0, 0.05) is 12.1 Å². The first kappa shape index (κ1) is 17.6. The molecule has 0 fully saturated rings. The molecule has 2 amide bonds. The second-order valence-electron chi connectivity index (χ2n) is 4.56. The van der Waals surface area contributed by atoms with Gasteiger partial charge >= 0.3 is 5.97 Å². The van der Waals surface area contributed by atoms with Crippen molar-refractivity contribution in [1.82, 2.24) is 10.6 Å². The summed E-state index contributed by atoms with van der Waals surface area (Å²) in [5.41, 5.74) is 0.102. The van der Waals surface area contributed by atoms with Crippen LogP contribution in [0.15, 0.2) is 24.3 Å². The summed E-state index contributed by atoms with van der Waals surface area (Å²) in [5, 5.41) is 4.88. The molecule has 0 saturated carbocycles. The number of nitrogens with one attached hydrogen (secondary N) is 2. The van der Waals surface area contributed by atoms with Gasteiger partial charge in [0.25, 0.3) is 11.8 Å². The molecule has 0 saturated heterocycles. The molecule has 7 heteroatoms. The van der Waals surface area contributed by atoms with Gasteiger partial charge < -0.3 is 15.4 Å². The standard InChI is InChI=1S/C15H19FN2O4/c1-2-3-7-17-13(19)10-22-14(20)9-18-15(21)11-5-4-6-12(16)8-11/h4-6,8H,2-3,7,9-10H2,1H3,(H,17,19)(H,18,21). The molecule has 0 aliphatic heterocycles. The van der Waals surface area contributed by atoms with E-state index < -0.39 is 36.8 Å². The van der Waals surface area contributed by atoms with Crippen LogP contribution in [0.1, 0.15) is 30.1 Å². The molecule has 6 nitrogen and oxygen atoms in total. The van der Waals surface area contributed by atoms with Gasteiger partial charge in [-0.15, -0.1) is 0 Å². The average Bonchev–Trinajstić information content (AvgIpc) is 2.50. The summed E-state index contributed by atoms with van der Waals surface area (Å²) in [6.07, 6.45) is 1.80. The molecule has 1 rings (SSSR count). The molecular formula is C15H19FN2O4. The minimum Gasteiger partial charge on any atom is -0.454 e. The van der Waals surface area contributed by atoms with Gasteiger partial charge in [0.2, 0.25) is 0 Å². The Bertz CT molecular complexity index is 534. The Morgan fingerprint density at radius 1 is 1.23 bits per heavy atom. The summed E-state index contributed by atoms with van der Waals surface area (Å²) in [6.45, 7) is 1.74. The van der Waals surface area contributed by atoms with Crippen molar-refractivity contribution in [3.8, 4) is 0 Å². The molecule has 22 heavy (non-hydrogen) atoms. The van der Waals surface area contributed by atoms with E-state index in [1.54, 1.807) is 0 Å². The highest BCUT2D eigenvalue weighted by atomic mass is 19.1. The van der Waals surface area contributed by atoms with E-state index >= 15 is 0 Å². The number of carbonyl (C=O) groups excluding carboxylic acids is 3. The van der Waals surface area contributed by atoms with Gasteiger partial charge in [0.1, 0.15) is 12.4 Å². The van der Waals surface area contributed by atoms with Crippen molar-refractivity contribution in [3.05, 3.63) is 35.6 Å². The Morgan fingerprint density at radius 2 is 2.00 bits per heavy atom. The molecular weight excluding hydrogens is 291 g/mol. The van der Waals surface area contributed by atoms with E-state index in [-0.39, 0.29) is 5.56 Å². The van der Waals surface area contributed by atoms with Gasteiger partial charge in [-0.05, 0) is 24.6 Å². The molecule has 0 spiro atoms. The van der Waals surface area contributed by atoms with E-state index in [9.17, 15) is 18.8 Å². The van der Waals surface area contributed by atoms with E-state index in [1.807, 2.05) is 6.92 Å². The maximum Gasteiger partial charge on any atom is 0.325 e. The van der Waals surface area contributed by atoms with Crippen LogP contribution in [-0.4, -0.2) is 37.5 Å². The van der Waals surface area contributed by atoms with Crippen molar-refractivity contribution in [2.75, 3.05) is 19.7 Å². The summed E-state index contributed by atoms with van der Waals surface area (Å²) >= 11 is 0. The maximum atomic E-state index is 12.9. The molecule has 0 bridgehead atoms. The van der Waals surface area contributed by atoms with Crippen LogP contribution in [0.4, 0.5) is 4.39 Å². The third kappa shape index (κ3) is 6.83. The van der Waals surface area contributed by atoms with E-state index in [0.29, 0.717) is 6.54 Å². The Balaban J connectivity index is 2.25. The van der Waals surface area contributed by atoms with Gasteiger partial charge in [0.15, 0.2) is 6.61 Å². The number of rotatable bonds is 8. The lowest BCUT2D eigenvalue weighted by atomic mass is 10.2. The Hall–Kier alpha value is -2.44. The Morgan fingerprint density at radius 3 is 2.68 bits per heavy atom. The summed E-state index contributed by atoms with van der Waals surface area (Å²) in [4.78, 5) is 34.3. The molecule has 0 radical (unpaired) electrons. The van der Waals surface area contributed by atoms with Gasteiger partial charge in [-0.3, -0.25) is 14.4 Å². The second kappa shape index (κ2) is 9.49. The number of carbonyl (C=O) groups is 3. The molecule has 0 atom stereocenters. The summed E-state index contributed by atoms with van der Waals surface area (Å²) in [5.74, 6) is -2.27. The van der Waals surface area contributed by atoms with Gasteiger partial charge in [0.05, 0.1) is 0 Å². The second-order valence-corrected chi connectivity index (χ2v) is 4.56. The van der Waals surface area contributed by atoms with Crippen molar-refractivity contribution in [2.45, 2.75) is 19.8 Å². The van der Waals surface area contributed by atoms with Crippen LogP contribution in [0.5, 0.6) is 0 Å². The van der Waals surface area contributed by atoms with E-state index in [0.717, 1.165) is 18.9 Å². The van der Waals surface area contributed by atoms with Crippen molar-refractivity contribution in [3.63, 3.8) is 0 Å². The lowest BCUT2D eigenvalue weighted by Gasteiger charge is -2.07. The van der Waals surface area contributed by atoms with Gasteiger partial charge in [-0.25, -0.2) is 4.39 Å². The molecule has 2 N–H and O–H groups in total. The number of hydrogen-bond donors (Lipinski definition) is 2. The van der Waals surface area contributed by atoms with Crippen LogP contribution in [0, 0.1) is 5.82 Å². The lowest BCUT2D eigenvalue weighted by Crippen LogP contribution is -2.34. The van der Waals surface area contributed by atoms with Crippen LogP contribution < -0.4 is 10.6 Å².